The first-order chi connectivity index (χ1) is 12.4. The topological polar surface area (TPSA) is 71.1 Å². The molecule has 1 rings (SSSR count). The predicted octanol–water partition coefficient (Wildman–Crippen LogP) is 5.70. The van der Waals surface area contributed by atoms with E-state index < -0.39 is 16.0 Å². The van der Waals surface area contributed by atoms with Crippen LogP contribution in [0.1, 0.15) is 43.6 Å². The van der Waals surface area contributed by atoms with E-state index >= 15 is 0 Å². The molecule has 0 amide bonds. The van der Waals surface area contributed by atoms with Gasteiger partial charge >= 0.3 is 7.60 Å². The van der Waals surface area contributed by atoms with Gasteiger partial charge in [0.2, 0.25) is 13.9 Å². The van der Waals surface area contributed by atoms with Crippen LogP contribution in [0.2, 0.25) is 0 Å². The summed E-state index contributed by atoms with van der Waals surface area (Å²) in [6.45, 7) is 8.69. The number of thioether (sulfide) groups is 1. The van der Waals surface area contributed by atoms with Crippen molar-refractivity contribution in [1.29, 1.82) is 0 Å². The zero-order chi connectivity index (χ0) is 19.6. The van der Waals surface area contributed by atoms with E-state index in [0.717, 1.165) is 10.5 Å². The molecule has 0 aliphatic rings. The number of carbonyl (C=O) groups is 1. The van der Waals surface area contributed by atoms with E-state index in [1.54, 1.807) is 32.0 Å². The van der Waals surface area contributed by atoms with Crippen molar-refractivity contribution in [3.05, 3.63) is 29.3 Å². The smallest absolute Gasteiger partial charge is 0.329 e. The summed E-state index contributed by atoms with van der Waals surface area (Å²) in [4.78, 5) is 13.5. The Morgan fingerprint density at radius 3 is 2.08 bits per heavy atom. The molecule has 9 heteroatoms. The Morgan fingerprint density at radius 1 is 1.04 bits per heavy atom. The lowest BCUT2D eigenvalue weighted by Crippen LogP contribution is -2.05. The Bertz CT molecular complexity index is 609. The van der Waals surface area contributed by atoms with Crippen LogP contribution >= 0.6 is 27.7 Å². The molecule has 0 spiro atoms. The normalized spacial score (nSPS) is 11.9. The molecule has 0 saturated heterocycles. The van der Waals surface area contributed by atoms with Gasteiger partial charge in [-0.1, -0.05) is 12.1 Å². The third kappa shape index (κ3) is 7.05. The van der Waals surface area contributed by atoms with E-state index in [9.17, 15) is 9.36 Å². The summed E-state index contributed by atoms with van der Waals surface area (Å²) in [6.07, 6.45) is 2.08. The molecule has 0 fully saturated rings. The van der Waals surface area contributed by atoms with Gasteiger partial charge in [-0.25, -0.2) is 0 Å². The Kier molecular flexibility index (Phi) is 11.2. The van der Waals surface area contributed by atoms with Gasteiger partial charge in [0, 0.05) is 10.5 Å². The number of benzene rings is 1. The van der Waals surface area contributed by atoms with E-state index in [-0.39, 0.29) is 11.7 Å². The highest BCUT2D eigenvalue weighted by Crippen LogP contribution is 2.52. The van der Waals surface area contributed by atoms with Crippen LogP contribution in [0.4, 0.5) is 0 Å². The Balaban J connectivity index is 3.09. The van der Waals surface area contributed by atoms with Crippen LogP contribution < -0.4 is 0 Å². The highest BCUT2D eigenvalue weighted by Gasteiger charge is 2.27. The van der Waals surface area contributed by atoms with Gasteiger partial charge in [0.25, 0.3) is 0 Å². The summed E-state index contributed by atoms with van der Waals surface area (Å²) in [5, 5.41) is 0. The molecular formula is C17H28O6P2S. The third-order valence-corrected chi connectivity index (χ3v) is 7.63. The maximum atomic E-state index is 12.8. The summed E-state index contributed by atoms with van der Waals surface area (Å²) in [6, 6.07) is 5.31. The Hall–Kier alpha value is -0.260. The van der Waals surface area contributed by atoms with Crippen molar-refractivity contribution in [2.24, 2.45) is 0 Å². The van der Waals surface area contributed by atoms with Crippen LogP contribution in [-0.4, -0.2) is 38.2 Å². The predicted molar refractivity (Wildman–Crippen MR) is 107 cm³/mol. The van der Waals surface area contributed by atoms with E-state index in [4.69, 9.17) is 18.1 Å². The summed E-state index contributed by atoms with van der Waals surface area (Å²) in [5.41, 5.74) is 1.19. The second kappa shape index (κ2) is 12.2. The second-order valence-electron chi connectivity index (χ2n) is 5.03. The minimum atomic E-state index is -3.20. The van der Waals surface area contributed by atoms with Gasteiger partial charge in [0.1, 0.15) is 0 Å². The summed E-state index contributed by atoms with van der Waals surface area (Å²) in [7, 11) is -4.82. The van der Waals surface area contributed by atoms with E-state index in [1.807, 2.05) is 20.1 Å². The largest absolute Gasteiger partial charge is 0.335 e. The first-order valence-electron chi connectivity index (χ1n) is 8.59. The maximum absolute atomic E-state index is 12.8. The lowest BCUT2D eigenvalue weighted by molar-refractivity contribution is 0.103. The minimum absolute atomic E-state index is 0.164. The SMILES string of the molecule is CCOP(OCC)C(=O)c1ccc(CP(=O)(OCC)OCC)c(SC)c1. The van der Waals surface area contributed by atoms with Crippen molar-refractivity contribution < 1.29 is 27.5 Å². The van der Waals surface area contributed by atoms with Crippen molar-refractivity contribution in [2.45, 2.75) is 38.8 Å². The van der Waals surface area contributed by atoms with Crippen LogP contribution in [-0.2, 0) is 28.8 Å². The lowest BCUT2D eigenvalue weighted by Gasteiger charge is -2.19. The fourth-order valence-electron chi connectivity index (χ4n) is 2.23. The molecular weight excluding hydrogens is 394 g/mol. The van der Waals surface area contributed by atoms with Gasteiger partial charge in [0.15, 0.2) is 0 Å². The molecule has 0 N–H and O–H groups in total. The molecule has 6 nitrogen and oxygen atoms in total. The number of hydrogen-bond donors (Lipinski definition) is 0. The van der Waals surface area contributed by atoms with Crippen molar-refractivity contribution in [3.63, 3.8) is 0 Å². The Labute approximate surface area is 161 Å². The van der Waals surface area contributed by atoms with Gasteiger partial charge in [-0.3, -0.25) is 9.36 Å². The van der Waals surface area contributed by atoms with Crippen LogP contribution in [0.5, 0.6) is 0 Å². The van der Waals surface area contributed by atoms with Crippen LogP contribution in [0, 0.1) is 0 Å². The molecule has 0 bridgehead atoms. The third-order valence-electron chi connectivity index (χ3n) is 3.21. The highest BCUT2D eigenvalue weighted by atomic mass is 32.2. The molecule has 0 heterocycles. The van der Waals surface area contributed by atoms with E-state index in [1.165, 1.54) is 11.8 Å². The quantitative estimate of drug-likeness (QED) is 0.298. The summed E-state index contributed by atoms with van der Waals surface area (Å²) in [5.74, 6) is 0. The first kappa shape index (κ1) is 23.8. The second-order valence-corrected chi connectivity index (χ2v) is 9.37. The summed E-state index contributed by atoms with van der Waals surface area (Å²) >= 11 is 1.48. The average Bonchev–Trinajstić information content (AvgIpc) is 2.61. The average molecular weight is 422 g/mol. The molecule has 0 aromatic heterocycles. The molecule has 0 aliphatic carbocycles. The standard InChI is InChI=1S/C17H28O6P2S/c1-6-20-24(21-7-2)17(18)14-10-11-15(16(12-14)26-5)13-25(19,22-8-3)23-9-4/h10-12H,6-9,13H2,1-5H3. The lowest BCUT2D eigenvalue weighted by atomic mass is 10.2. The molecule has 0 atom stereocenters. The van der Waals surface area contributed by atoms with Crippen molar-refractivity contribution >= 4 is 33.3 Å². The molecule has 1 aromatic carbocycles. The minimum Gasteiger partial charge on any atom is -0.329 e. The maximum Gasteiger partial charge on any atom is 0.335 e. The molecule has 148 valence electrons. The van der Waals surface area contributed by atoms with Gasteiger partial charge in [-0.05, 0) is 45.6 Å². The van der Waals surface area contributed by atoms with Crippen molar-refractivity contribution in [1.82, 2.24) is 0 Å². The molecule has 0 radical (unpaired) electrons. The van der Waals surface area contributed by atoms with Crippen LogP contribution in [0.25, 0.3) is 0 Å². The first-order valence-corrected chi connectivity index (χ1v) is 12.7. The highest BCUT2D eigenvalue weighted by molar-refractivity contribution is 7.98. The monoisotopic (exact) mass is 422 g/mol. The van der Waals surface area contributed by atoms with Gasteiger partial charge in [-0.15, -0.1) is 11.8 Å². The van der Waals surface area contributed by atoms with Crippen molar-refractivity contribution in [3.8, 4) is 0 Å². The van der Waals surface area contributed by atoms with Gasteiger partial charge < -0.3 is 18.1 Å². The zero-order valence-corrected chi connectivity index (χ0v) is 18.6. The number of rotatable bonds is 13. The van der Waals surface area contributed by atoms with Crippen LogP contribution in [0.3, 0.4) is 0 Å². The van der Waals surface area contributed by atoms with Gasteiger partial charge in [0.05, 0.1) is 32.6 Å². The fourth-order valence-corrected chi connectivity index (χ4v) is 5.85. The molecule has 0 saturated carbocycles. The molecule has 0 unspecified atom stereocenters. The molecule has 26 heavy (non-hydrogen) atoms. The van der Waals surface area contributed by atoms with Crippen molar-refractivity contribution in [2.75, 3.05) is 32.7 Å². The Morgan fingerprint density at radius 2 is 1.62 bits per heavy atom. The van der Waals surface area contributed by atoms with Gasteiger partial charge in [-0.2, -0.15) is 0 Å². The summed E-state index contributed by atoms with van der Waals surface area (Å²) < 4.78 is 34.4. The fraction of sp³-hybridized carbons (Fsp3) is 0.588. The van der Waals surface area contributed by atoms with E-state index in [0.29, 0.717) is 32.0 Å². The van der Waals surface area contributed by atoms with E-state index in [2.05, 4.69) is 0 Å². The zero-order valence-electron chi connectivity index (χ0n) is 16.0. The molecule has 1 aromatic rings. The number of hydrogen-bond acceptors (Lipinski definition) is 7. The number of carbonyl (C=O) groups excluding carboxylic acids is 1. The van der Waals surface area contributed by atoms with Crippen LogP contribution in [0.15, 0.2) is 23.1 Å². The molecule has 0 aliphatic heterocycles.